The van der Waals surface area contributed by atoms with Gasteiger partial charge < -0.3 is 0 Å². The van der Waals surface area contributed by atoms with Gasteiger partial charge in [-0.15, -0.1) is 11.3 Å². The number of rotatable bonds is 2. The largest absolute Gasteiger partial charge is 0.279 e. The molecule has 0 aliphatic carbocycles. The van der Waals surface area contributed by atoms with Gasteiger partial charge >= 0.3 is 0 Å². The van der Waals surface area contributed by atoms with Gasteiger partial charge in [0, 0.05) is 24.2 Å². The molecular weight excluding hydrogens is 182 g/mol. The van der Waals surface area contributed by atoms with E-state index in [4.69, 9.17) is 0 Å². The number of aryl methyl sites for hydroxylation is 2. The van der Waals surface area contributed by atoms with E-state index in [2.05, 4.69) is 22.3 Å². The van der Waals surface area contributed by atoms with Crippen molar-refractivity contribution in [2.45, 2.75) is 20.3 Å². The second kappa shape index (κ2) is 3.30. The quantitative estimate of drug-likeness (QED) is 0.732. The number of imidazole rings is 1. The molecule has 0 unspecified atom stereocenters. The lowest BCUT2D eigenvalue weighted by molar-refractivity contribution is 0.881. The SMILES string of the molecule is CCc1nccn1-c1nc(C)cs1. The van der Waals surface area contributed by atoms with Gasteiger partial charge in [0.15, 0.2) is 5.13 Å². The van der Waals surface area contributed by atoms with Crippen molar-refractivity contribution >= 4 is 11.3 Å². The average molecular weight is 193 g/mol. The summed E-state index contributed by atoms with van der Waals surface area (Å²) in [5, 5.41) is 3.06. The average Bonchev–Trinajstić information content (AvgIpc) is 2.71. The van der Waals surface area contributed by atoms with Gasteiger partial charge in [0.05, 0.1) is 5.69 Å². The fourth-order valence-electron chi connectivity index (χ4n) is 1.22. The molecule has 2 aromatic rings. The summed E-state index contributed by atoms with van der Waals surface area (Å²) in [6, 6.07) is 0. The summed E-state index contributed by atoms with van der Waals surface area (Å²) >= 11 is 1.65. The maximum Gasteiger partial charge on any atom is 0.195 e. The fraction of sp³-hybridized carbons (Fsp3) is 0.333. The molecule has 0 N–H and O–H groups in total. The van der Waals surface area contributed by atoms with Crippen molar-refractivity contribution < 1.29 is 0 Å². The summed E-state index contributed by atoms with van der Waals surface area (Å²) in [6.07, 6.45) is 4.71. The molecule has 0 amide bonds. The van der Waals surface area contributed by atoms with E-state index in [0.29, 0.717) is 0 Å². The van der Waals surface area contributed by atoms with Crippen molar-refractivity contribution in [3.05, 3.63) is 29.3 Å². The van der Waals surface area contributed by atoms with Crippen LogP contribution >= 0.6 is 11.3 Å². The first-order valence-corrected chi connectivity index (χ1v) is 5.14. The van der Waals surface area contributed by atoms with Gasteiger partial charge in [0.2, 0.25) is 0 Å². The maximum atomic E-state index is 4.40. The van der Waals surface area contributed by atoms with Crippen LogP contribution in [0.2, 0.25) is 0 Å². The van der Waals surface area contributed by atoms with E-state index >= 15 is 0 Å². The molecule has 0 saturated heterocycles. The first-order chi connectivity index (χ1) is 6.31. The molecule has 2 aromatic heterocycles. The van der Waals surface area contributed by atoms with Gasteiger partial charge in [-0.25, -0.2) is 9.97 Å². The van der Waals surface area contributed by atoms with Crippen LogP contribution in [0.25, 0.3) is 5.13 Å². The monoisotopic (exact) mass is 193 g/mol. The van der Waals surface area contributed by atoms with Crippen LogP contribution in [0.5, 0.6) is 0 Å². The molecule has 3 nitrogen and oxygen atoms in total. The summed E-state index contributed by atoms with van der Waals surface area (Å²) in [5.41, 5.74) is 1.07. The lowest BCUT2D eigenvalue weighted by atomic mass is 10.5. The van der Waals surface area contributed by atoms with Crippen LogP contribution in [0.3, 0.4) is 0 Å². The van der Waals surface area contributed by atoms with Gasteiger partial charge in [0.1, 0.15) is 5.82 Å². The molecule has 0 radical (unpaired) electrons. The van der Waals surface area contributed by atoms with Crippen LogP contribution in [0.4, 0.5) is 0 Å². The highest BCUT2D eigenvalue weighted by Crippen LogP contribution is 2.15. The molecular formula is C9H11N3S. The van der Waals surface area contributed by atoms with E-state index < -0.39 is 0 Å². The molecule has 0 atom stereocenters. The highest BCUT2D eigenvalue weighted by Gasteiger charge is 2.05. The van der Waals surface area contributed by atoms with E-state index in [1.807, 2.05) is 23.9 Å². The van der Waals surface area contributed by atoms with Gasteiger partial charge in [-0.05, 0) is 6.92 Å². The molecule has 0 bridgehead atoms. The first-order valence-electron chi connectivity index (χ1n) is 4.26. The Morgan fingerprint density at radius 1 is 1.54 bits per heavy atom. The highest BCUT2D eigenvalue weighted by atomic mass is 32.1. The predicted octanol–water partition coefficient (Wildman–Crippen LogP) is 2.20. The number of hydrogen-bond acceptors (Lipinski definition) is 3. The van der Waals surface area contributed by atoms with Crippen LogP contribution in [0, 0.1) is 6.92 Å². The maximum absolute atomic E-state index is 4.40. The van der Waals surface area contributed by atoms with Crippen LogP contribution in [-0.2, 0) is 6.42 Å². The second-order valence-electron chi connectivity index (χ2n) is 2.84. The minimum Gasteiger partial charge on any atom is -0.279 e. The molecule has 0 spiro atoms. The summed E-state index contributed by atoms with van der Waals surface area (Å²) in [6.45, 7) is 4.10. The molecule has 0 aliphatic heterocycles. The summed E-state index contributed by atoms with van der Waals surface area (Å²) in [7, 11) is 0. The summed E-state index contributed by atoms with van der Waals surface area (Å²) in [4.78, 5) is 8.65. The van der Waals surface area contributed by atoms with Gasteiger partial charge in [-0.3, -0.25) is 4.57 Å². The topological polar surface area (TPSA) is 30.7 Å². The second-order valence-corrected chi connectivity index (χ2v) is 3.68. The molecule has 2 heterocycles. The van der Waals surface area contributed by atoms with Crippen LogP contribution in [0.1, 0.15) is 18.4 Å². The Balaban J connectivity index is 2.45. The molecule has 0 fully saturated rings. The van der Waals surface area contributed by atoms with E-state index in [1.165, 1.54) is 0 Å². The van der Waals surface area contributed by atoms with Gasteiger partial charge in [-0.1, -0.05) is 6.92 Å². The third-order valence-corrected chi connectivity index (χ3v) is 2.80. The Kier molecular flexibility index (Phi) is 2.14. The number of thiazole rings is 1. The Labute approximate surface area is 81.1 Å². The van der Waals surface area contributed by atoms with Crippen molar-refractivity contribution in [2.24, 2.45) is 0 Å². The van der Waals surface area contributed by atoms with E-state index in [-0.39, 0.29) is 0 Å². The van der Waals surface area contributed by atoms with Crippen LogP contribution in [-0.4, -0.2) is 14.5 Å². The Morgan fingerprint density at radius 3 is 3.00 bits per heavy atom. The van der Waals surface area contributed by atoms with E-state index in [1.54, 1.807) is 11.3 Å². The van der Waals surface area contributed by atoms with Crippen molar-refractivity contribution in [3.8, 4) is 5.13 Å². The molecule has 13 heavy (non-hydrogen) atoms. The zero-order chi connectivity index (χ0) is 9.26. The normalized spacial score (nSPS) is 10.6. The van der Waals surface area contributed by atoms with E-state index in [0.717, 1.165) is 23.1 Å². The van der Waals surface area contributed by atoms with Crippen molar-refractivity contribution in [1.82, 2.24) is 14.5 Å². The number of nitrogens with zero attached hydrogens (tertiary/aromatic N) is 3. The lowest BCUT2D eigenvalue weighted by Crippen LogP contribution is -1.98. The smallest absolute Gasteiger partial charge is 0.195 e. The molecule has 0 aromatic carbocycles. The van der Waals surface area contributed by atoms with Gasteiger partial charge in [-0.2, -0.15) is 0 Å². The molecule has 0 saturated carbocycles. The molecule has 4 heteroatoms. The predicted molar refractivity (Wildman–Crippen MR) is 53.4 cm³/mol. The Morgan fingerprint density at radius 2 is 2.38 bits per heavy atom. The molecule has 0 aliphatic rings. The van der Waals surface area contributed by atoms with Crippen molar-refractivity contribution in [1.29, 1.82) is 0 Å². The standard InChI is InChI=1S/C9H11N3S/c1-3-8-10-4-5-12(8)9-11-7(2)6-13-9/h4-6H,3H2,1-2H3. The lowest BCUT2D eigenvalue weighted by Gasteiger charge is -1.99. The molecule has 2 rings (SSSR count). The van der Waals surface area contributed by atoms with Crippen molar-refractivity contribution in [2.75, 3.05) is 0 Å². The van der Waals surface area contributed by atoms with E-state index in [9.17, 15) is 0 Å². The zero-order valence-corrected chi connectivity index (χ0v) is 8.51. The van der Waals surface area contributed by atoms with Crippen LogP contribution < -0.4 is 0 Å². The summed E-state index contributed by atoms with van der Waals surface area (Å²) in [5.74, 6) is 1.06. The summed E-state index contributed by atoms with van der Waals surface area (Å²) < 4.78 is 2.04. The minimum absolute atomic E-state index is 0.936. The highest BCUT2D eigenvalue weighted by molar-refractivity contribution is 7.12. The fourth-order valence-corrected chi connectivity index (χ4v) is 2.03. The molecule has 68 valence electrons. The van der Waals surface area contributed by atoms with Crippen LogP contribution in [0.15, 0.2) is 17.8 Å². The van der Waals surface area contributed by atoms with Gasteiger partial charge in [0.25, 0.3) is 0 Å². The Bertz CT molecular complexity index is 402. The zero-order valence-electron chi connectivity index (χ0n) is 7.69. The third kappa shape index (κ3) is 1.49. The Hall–Kier alpha value is -1.16. The third-order valence-electron chi connectivity index (χ3n) is 1.85. The number of hydrogen-bond donors (Lipinski definition) is 0. The van der Waals surface area contributed by atoms with Crippen molar-refractivity contribution in [3.63, 3.8) is 0 Å². The minimum atomic E-state index is 0.936. The first kappa shape index (κ1) is 8.44. The number of aromatic nitrogens is 3.